The number of benzene rings is 1. The Morgan fingerprint density at radius 2 is 2.05 bits per heavy atom. The van der Waals surface area contributed by atoms with Crippen LogP contribution in [0, 0.1) is 13.8 Å². The molecule has 0 saturated heterocycles. The maximum atomic E-state index is 5.98. The molecule has 3 rings (SSSR count). The van der Waals surface area contributed by atoms with Gasteiger partial charge in [0, 0.05) is 6.54 Å². The summed E-state index contributed by atoms with van der Waals surface area (Å²) in [6, 6.07) is 4.31. The van der Waals surface area contributed by atoms with Gasteiger partial charge in [-0.2, -0.15) is 0 Å². The number of aromatic amines is 1. The maximum Gasteiger partial charge on any atom is 0.116 e. The summed E-state index contributed by atoms with van der Waals surface area (Å²) in [7, 11) is 0. The molecule has 0 spiro atoms. The van der Waals surface area contributed by atoms with Gasteiger partial charge in [-0.25, -0.2) is 4.98 Å². The number of imidazole rings is 1. The summed E-state index contributed by atoms with van der Waals surface area (Å²) in [5.41, 5.74) is 12.0. The van der Waals surface area contributed by atoms with Gasteiger partial charge in [-0.1, -0.05) is 18.2 Å². The van der Waals surface area contributed by atoms with E-state index in [2.05, 4.69) is 49.2 Å². The molecule has 1 unspecified atom stereocenters. The molecule has 2 aromatic rings. The SMILES string of the molecule is Cc1cc2nc(C(CN)C3=CCCC=C3)[nH]c2cc1C. The number of rotatable bonds is 3. The van der Waals surface area contributed by atoms with Crippen molar-refractivity contribution in [2.24, 2.45) is 5.73 Å². The van der Waals surface area contributed by atoms with E-state index in [4.69, 9.17) is 10.7 Å². The minimum absolute atomic E-state index is 0.166. The number of nitrogens with one attached hydrogen (secondary N) is 1. The molecule has 3 nitrogen and oxygen atoms in total. The van der Waals surface area contributed by atoms with Crippen LogP contribution < -0.4 is 5.73 Å². The molecule has 0 radical (unpaired) electrons. The van der Waals surface area contributed by atoms with Crippen LogP contribution in [-0.2, 0) is 0 Å². The predicted octanol–water partition coefficient (Wildman–Crippen LogP) is 3.50. The number of aryl methyl sites for hydroxylation is 2. The molecular weight excluding hydrogens is 246 g/mol. The second kappa shape index (κ2) is 5.25. The van der Waals surface area contributed by atoms with Gasteiger partial charge in [-0.3, -0.25) is 0 Å². The smallest absolute Gasteiger partial charge is 0.116 e. The summed E-state index contributed by atoms with van der Waals surface area (Å²) in [6.07, 6.45) is 8.90. The number of nitrogens with two attached hydrogens (primary N) is 1. The van der Waals surface area contributed by atoms with Crippen LogP contribution in [0.3, 0.4) is 0 Å². The van der Waals surface area contributed by atoms with Gasteiger partial charge in [0.2, 0.25) is 0 Å². The van der Waals surface area contributed by atoms with E-state index in [-0.39, 0.29) is 5.92 Å². The zero-order valence-electron chi connectivity index (χ0n) is 12.1. The summed E-state index contributed by atoms with van der Waals surface area (Å²) in [5, 5.41) is 0. The number of nitrogens with zero attached hydrogens (tertiary/aromatic N) is 1. The van der Waals surface area contributed by atoms with Crippen LogP contribution in [0.5, 0.6) is 0 Å². The lowest BCUT2D eigenvalue weighted by Crippen LogP contribution is -2.16. The lowest BCUT2D eigenvalue weighted by atomic mass is 9.93. The third kappa shape index (κ3) is 2.29. The zero-order chi connectivity index (χ0) is 14.1. The van der Waals surface area contributed by atoms with Gasteiger partial charge in [0.05, 0.1) is 17.0 Å². The molecule has 1 aliphatic rings. The van der Waals surface area contributed by atoms with Gasteiger partial charge in [0.1, 0.15) is 5.82 Å². The Hall–Kier alpha value is -1.87. The fraction of sp³-hybridized carbons (Fsp3) is 0.353. The van der Waals surface area contributed by atoms with E-state index in [9.17, 15) is 0 Å². The van der Waals surface area contributed by atoms with Crippen molar-refractivity contribution in [3.8, 4) is 0 Å². The largest absolute Gasteiger partial charge is 0.341 e. The van der Waals surface area contributed by atoms with E-state index < -0.39 is 0 Å². The van der Waals surface area contributed by atoms with Crippen molar-refractivity contribution in [1.29, 1.82) is 0 Å². The molecule has 1 heterocycles. The van der Waals surface area contributed by atoms with Crippen LogP contribution in [0.25, 0.3) is 11.0 Å². The highest BCUT2D eigenvalue weighted by molar-refractivity contribution is 5.77. The molecule has 0 fully saturated rings. The average molecular weight is 267 g/mol. The third-order valence-corrected chi connectivity index (χ3v) is 4.11. The number of allylic oxidation sites excluding steroid dienone is 3. The summed E-state index contributed by atoms with van der Waals surface area (Å²) >= 11 is 0. The van der Waals surface area contributed by atoms with Gasteiger partial charge in [0.25, 0.3) is 0 Å². The lowest BCUT2D eigenvalue weighted by Gasteiger charge is -2.16. The Balaban J connectivity index is 2.04. The van der Waals surface area contributed by atoms with Crippen molar-refractivity contribution in [2.75, 3.05) is 6.54 Å². The molecule has 0 amide bonds. The Morgan fingerprint density at radius 3 is 2.75 bits per heavy atom. The Kier molecular flexibility index (Phi) is 3.45. The van der Waals surface area contributed by atoms with Crippen molar-refractivity contribution in [3.05, 3.63) is 52.9 Å². The second-order valence-corrected chi connectivity index (χ2v) is 5.55. The summed E-state index contributed by atoms with van der Waals surface area (Å²) in [4.78, 5) is 8.20. The molecule has 3 N–H and O–H groups in total. The molecule has 0 saturated carbocycles. The lowest BCUT2D eigenvalue weighted by molar-refractivity contribution is 0.756. The first-order valence-corrected chi connectivity index (χ1v) is 7.22. The molecule has 1 aliphatic carbocycles. The minimum atomic E-state index is 0.166. The number of fused-ring (bicyclic) bond motifs is 1. The van der Waals surface area contributed by atoms with Gasteiger partial charge < -0.3 is 10.7 Å². The molecule has 1 atom stereocenters. The van der Waals surface area contributed by atoms with Crippen molar-refractivity contribution in [3.63, 3.8) is 0 Å². The first kappa shape index (κ1) is 13.1. The molecule has 20 heavy (non-hydrogen) atoms. The van der Waals surface area contributed by atoms with E-state index in [1.807, 2.05) is 0 Å². The van der Waals surface area contributed by atoms with Crippen LogP contribution in [0.1, 0.15) is 35.7 Å². The molecule has 0 aliphatic heterocycles. The Morgan fingerprint density at radius 1 is 1.25 bits per heavy atom. The highest BCUT2D eigenvalue weighted by Gasteiger charge is 2.18. The zero-order valence-corrected chi connectivity index (χ0v) is 12.1. The summed E-state index contributed by atoms with van der Waals surface area (Å²) in [5.74, 6) is 1.14. The van der Waals surface area contributed by atoms with E-state index in [1.165, 1.54) is 16.7 Å². The van der Waals surface area contributed by atoms with Crippen molar-refractivity contribution in [2.45, 2.75) is 32.6 Å². The van der Waals surface area contributed by atoms with Crippen LogP contribution in [0.4, 0.5) is 0 Å². The highest BCUT2D eigenvalue weighted by atomic mass is 14.9. The minimum Gasteiger partial charge on any atom is -0.341 e. The van der Waals surface area contributed by atoms with E-state index in [0.717, 1.165) is 29.7 Å². The summed E-state index contributed by atoms with van der Waals surface area (Å²) < 4.78 is 0. The topological polar surface area (TPSA) is 54.7 Å². The molecule has 1 aromatic carbocycles. The fourth-order valence-corrected chi connectivity index (χ4v) is 2.75. The van der Waals surface area contributed by atoms with E-state index in [1.54, 1.807) is 0 Å². The average Bonchev–Trinajstić information content (AvgIpc) is 2.84. The monoisotopic (exact) mass is 267 g/mol. The quantitative estimate of drug-likeness (QED) is 0.894. The van der Waals surface area contributed by atoms with Gasteiger partial charge in [-0.15, -0.1) is 0 Å². The van der Waals surface area contributed by atoms with Crippen molar-refractivity contribution in [1.82, 2.24) is 9.97 Å². The van der Waals surface area contributed by atoms with E-state index in [0.29, 0.717) is 6.54 Å². The fourth-order valence-electron chi connectivity index (χ4n) is 2.75. The van der Waals surface area contributed by atoms with Gasteiger partial charge in [-0.05, 0) is 55.5 Å². The normalized spacial score (nSPS) is 16.4. The Labute approximate surface area is 119 Å². The summed E-state index contributed by atoms with van der Waals surface area (Å²) in [6.45, 7) is 4.83. The van der Waals surface area contributed by atoms with Gasteiger partial charge >= 0.3 is 0 Å². The Bertz CT molecular complexity index is 653. The maximum absolute atomic E-state index is 5.98. The molecule has 104 valence electrons. The van der Waals surface area contributed by atoms with Crippen molar-refractivity contribution < 1.29 is 0 Å². The molecule has 1 aromatic heterocycles. The molecular formula is C17H21N3. The van der Waals surface area contributed by atoms with Crippen LogP contribution in [0.15, 0.2) is 35.9 Å². The van der Waals surface area contributed by atoms with Gasteiger partial charge in [0.15, 0.2) is 0 Å². The second-order valence-electron chi connectivity index (χ2n) is 5.55. The first-order valence-electron chi connectivity index (χ1n) is 7.22. The predicted molar refractivity (Wildman–Crippen MR) is 83.8 cm³/mol. The first-order chi connectivity index (χ1) is 9.69. The number of hydrogen-bond donors (Lipinski definition) is 2. The van der Waals surface area contributed by atoms with Crippen LogP contribution in [0.2, 0.25) is 0 Å². The number of H-pyrrole nitrogens is 1. The van der Waals surface area contributed by atoms with Crippen LogP contribution in [-0.4, -0.2) is 16.5 Å². The highest BCUT2D eigenvalue weighted by Crippen LogP contribution is 2.28. The number of aromatic nitrogens is 2. The third-order valence-electron chi connectivity index (χ3n) is 4.11. The van der Waals surface area contributed by atoms with Crippen molar-refractivity contribution >= 4 is 11.0 Å². The van der Waals surface area contributed by atoms with Crippen LogP contribution >= 0.6 is 0 Å². The van der Waals surface area contributed by atoms with E-state index >= 15 is 0 Å². The standard InChI is InChI=1S/C17H21N3/c1-11-8-15-16(9-12(11)2)20-17(19-15)14(10-18)13-6-4-3-5-7-13/h4,6-9,14H,3,5,10,18H2,1-2H3,(H,19,20). The molecule has 3 heteroatoms. The number of hydrogen-bond acceptors (Lipinski definition) is 2. The molecule has 0 bridgehead atoms.